The standard InChI is InChI=1S/C13H22N4/c1-15-7-5-14-13(15)17-10-8-16(9-11-17)6-4-12-2-3-12/h5,7,12H,2-4,6,8-11H2,1H3. The molecule has 1 aromatic heterocycles. The van der Waals surface area contributed by atoms with Crippen molar-refractivity contribution in [1.29, 1.82) is 0 Å². The highest BCUT2D eigenvalue weighted by Gasteiger charge is 2.24. The summed E-state index contributed by atoms with van der Waals surface area (Å²) < 4.78 is 2.11. The van der Waals surface area contributed by atoms with Gasteiger partial charge in [0.25, 0.3) is 0 Å². The first-order valence-corrected chi connectivity index (χ1v) is 6.77. The van der Waals surface area contributed by atoms with Gasteiger partial charge in [-0.05, 0) is 18.9 Å². The Balaban J connectivity index is 1.48. The van der Waals surface area contributed by atoms with Crippen molar-refractivity contribution in [2.24, 2.45) is 13.0 Å². The molecule has 94 valence electrons. The monoisotopic (exact) mass is 234 g/mol. The SMILES string of the molecule is Cn1ccnc1N1CCN(CCC2CC2)CC1. The number of hydrogen-bond acceptors (Lipinski definition) is 3. The van der Waals surface area contributed by atoms with E-state index in [1.54, 1.807) is 0 Å². The summed E-state index contributed by atoms with van der Waals surface area (Å²) in [5.41, 5.74) is 0. The lowest BCUT2D eigenvalue weighted by molar-refractivity contribution is 0.249. The van der Waals surface area contributed by atoms with Crippen LogP contribution in [0.2, 0.25) is 0 Å². The lowest BCUT2D eigenvalue weighted by Gasteiger charge is -2.35. The van der Waals surface area contributed by atoms with E-state index in [1.165, 1.54) is 38.9 Å². The molecule has 4 heteroatoms. The molecule has 1 aliphatic carbocycles. The van der Waals surface area contributed by atoms with Crippen LogP contribution in [0.25, 0.3) is 0 Å². The number of rotatable bonds is 4. The van der Waals surface area contributed by atoms with E-state index in [4.69, 9.17) is 0 Å². The van der Waals surface area contributed by atoms with E-state index >= 15 is 0 Å². The molecule has 1 aromatic rings. The third-order valence-electron chi connectivity index (χ3n) is 4.00. The summed E-state index contributed by atoms with van der Waals surface area (Å²) in [5.74, 6) is 2.18. The molecule has 3 rings (SSSR count). The minimum atomic E-state index is 1.06. The summed E-state index contributed by atoms with van der Waals surface area (Å²) in [6.07, 6.45) is 8.28. The fourth-order valence-corrected chi connectivity index (χ4v) is 2.61. The zero-order chi connectivity index (χ0) is 11.7. The number of aromatic nitrogens is 2. The first-order valence-electron chi connectivity index (χ1n) is 6.77. The molecule has 2 heterocycles. The van der Waals surface area contributed by atoms with Crippen LogP contribution in [-0.4, -0.2) is 47.2 Å². The number of imidazole rings is 1. The highest BCUT2D eigenvalue weighted by atomic mass is 15.3. The van der Waals surface area contributed by atoms with Gasteiger partial charge in [-0.3, -0.25) is 4.90 Å². The Morgan fingerprint density at radius 2 is 2.00 bits per heavy atom. The lowest BCUT2D eigenvalue weighted by atomic mass is 10.2. The molecule has 1 aliphatic heterocycles. The fourth-order valence-electron chi connectivity index (χ4n) is 2.61. The zero-order valence-corrected chi connectivity index (χ0v) is 10.7. The van der Waals surface area contributed by atoms with E-state index in [9.17, 15) is 0 Å². The first kappa shape index (κ1) is 11.1. The average molecular weight is 234 g/mol. The maximum Gasteiger partial charge on any atom is 0.205 e. The molecular formula is C13H22N4. The molecule has 2 aliphatic rings. The summed E-state index contributed by atoms with van der Waals surface area (Å²) >= 11 is 0. The number of anilines is 1. The van der Waals surface area contributed by atoms with Crippen molar-refractivity contribution in [3.8, 4) is 0 Å². The quantitative estimate of drug-likeness (QED) is 0.786. The van der Waals surface area contributed by atoms with Gasteiger partial charge in [-0.15, -0.1) is 0 Å². The first-order chi connectivity index (χ1) is 8.33. The number of piperazine rings is 1. The van der Waals surface area contributed by atoms with E-state index in [0.717, 1.165) is 25.0 Å². The Morgan fingerprint density at radius 1 is 1.24 bits per heavy atom. The van der Waals surface area contributed by atoms with Crippen LogP contribution in [0.15, 0.2) is 12.4 Å². The van der Waals surface area contributed by atoms with E-state index in [2.05, 4.69) is 26.4 Å². The smallest absolute Gasteiger partial charge is 0.205 e. The Labute approximate surface area is 103 Å². The Kier molecular flexibility index (Phi) is 3.05. The van der Waals surface area contributed by atoms with Gasteiger partial charge in [0.1, 0.15) is 0 Å². The van der Waals surface area contributed by atoms with E-state index < -0.39 is 0 Å². The molecule has 0 unspecified atom stereocenters. The molecule has 0 amide bonds. The molecule has 1 saturated carbocycles. The summed E-state index contributed by atoms with van der Waals surface area (Å²) in [7, 11) is 2.07. The topological polar surface area (TPSA) is 24.3 Å². The van der Waals surface area contributed by atoms with Gasteiger partial charge in [0, 0.05) is 45.6 Å². The van der Waals surface area contributed by atoms with Crippen molar-refractivity contribution in [2.45, 2.75) is 19.3 Å². The van der Waals surface area contributed by atoms with Crippen LogP contribution in [-0.2, 0) is 7.05 Å². The molecular weight excluding hydrogens is 212 g/mol. The fraction of sp³-hybridized carbons (Fsp3) is 0.769. The van der Waals surface area contributed by atoms with Crippen LogP contribution in [0.5, 0.6) is 0 Å². The number of hydrogen-bond donors (Lipinski definition) is 0. The maximum atomic E-state index is 4.42. The summed E-state index contributed by atoms with van der Waals surface area (Å²) in [6.45, 7) is 5.93. The van der Waals surface area contributed by atoms with Crippen LogP contribution in [0, 0.1) is 5.92 Å². The van der Waals surface area contributed by atoms with Gasteiger partial charge in [0.05, 0.1) is 0 Å². The largest absolute Gasteiger partial charge is 0.340 e. The average Bonchev–Trinajstić information content (AvgIpc) is 3.09. The van der Waals surface area contributed by atoms with Gasteiger partial charge in [-0.25, -0.2) is 4.98 Å². The van der Waals surface area contributed by atoms with Crippen molar-refractivity contribution < 1.29 is 0 Å². The minimum absolute atomic E-state index is 1.06. The second-order valence-corrected chi connectivity index (χ2v) is 5.40. The lowest BCUT2D eigenvalue weighted by Crippen LogP contribution is -2.47. The van der Waals surface area contributed by atoms with Crippen molar-refractivity contribution in [3.05, 3.63) is 12.4 Å². The second kappa shape index (κ2) is 4.69. The van der Waals surface area contributed by atoms with E-state index in [1.807, 2.05) is 12.4 Å². The van der Waals surface area contributed by atoms with Gasteiger partial charge >= 0.3 is 0 Å². The zero-order valence-electron chi connectivity index (χ0n) is 10.7. The highest BCUT2D eigenvalue weighted by Crippen LogP contribution is 2.32. The van der Waals surface area contributed by atoms with Crippen molar-refractivity contribution in [2.75, 3.05) is 37.6 Å². The van der Waals surface area contributed by atoms with E-state index in [0.29, 0.717) is 0 Å². The van der Waals surface area contributed by atoms with Gasteiger partial charge in [0.15, 0.2) is 0 Å². The molecule has 0 bridgehead atoms. The molecule has 1 saturated heterocycles. The molecule has 0 radical (unpaired) electrons. The minimum Gasteiger partial charge on any atom is -0.340 e. The van der Waals surface area contributed by atoms with Crippen molar-refractivity contribution in [3.63, 3.8) is 0 Å². The van der Waals surface area contributed by atoms with Gasteiger partial charge in [0.2, 0.25) is 5.95 Å². The van der Waals surface area contributed by atoms with Crippen LogP contribution in [0.3, 0.4) is 0 Å². The van der Waals surface area contributed by atoms with Gasteiger partial charge < -0.3 is 9.47 Å². The van der Waals surface area contributed by atoms with Crippen LogP contribution in [0.1, 0.15) is 19.3 Å². The van der Waals surface area contributed by atoms with Crippen LogP contribution >= 0.6 is 0 Å². The molecule has 0 N–H and O–H groups in total. The summed E-state index contributed by atoms with van der Waals surface area (Å²) in [6, 6.07) is 0. The van der Waals surface area contributed by atoms with Crippen molar-refractivity contribution >= 4 is 5.95 Å². The molecule has 0 spiro atoms. The molecule has 2 fully saturated rings. The number of nitrogens with zero attached hydrogens (tertiary/aromatic N) is 4. The summed E-state index contributed by atoms with van der Waals surface area (Å²) in [4.78, 5) is 9.42. The van der Waals surface area contributed by atoms with Crippen molar-refractivity contribution in [1.82, 2.24) is 14.5 Å². The predicted molar refractivity (Wildman–Crippen MR) is 69.2 cm³/mol. The third-order valence-corrected chi connectivity index (χ3v) is 4.00. The summed E-state index contributed by atoms with van der Waals surface area (Å²) in [5, 5.41) is 0. The maximum absolute atomic E-state index is 4.42. The molecule has 17 heavy (non-hydrogen) atoms. The van der Waals surface area contributed by atoms with E-state index in [-0.39, 0.29) is 0 Å². The Morgan fingerprint density at radius 3 is 2.59 bits per heavy atom. The molecule has 4 nitrogen and oxygen atoms in total. The van der Waals surface area contributed by atoms with Gasteiger partial charge in [-0.2, -0.15) is 0 Å². The highest BCUT2D eigenvalue weighted by molar-refractivity contribution is 5.31. The normalized spacial score (nSPS) is 22.1. The van der Waals surface area contributed by atoms with Gasteiger partial charge in [-0.1, -0.05) is 12.8 Å². The Hall–Kier alpha value is -1.03. The molecule has 0 aromatic carbocycles. The predicted octanol–water partition coefficient (Wildman–Crippen LogP) is 1.34. The number of aryl methyl sites for hydroxylation is 1. The third kappa shape index (κ3) is 2.63. The Bertz CT molecular complexity index is 361. The second-order valence-electron chi connectivity index (χ2n) is 5.40. The molecule has 0 atom stereocenters. The van der Waals surface area contributed by atoms with Crippen LogP contribution < -0.4 is 4.90 Å². The van der Waals surface area contributed by atoms with Crippen LogP contribution in [0.4, 0.5) is 5.95 Å².